The summed E-state index contributed by atoms with van der Waals surface area (Å²) >= 11 is 0. The van der Waals surface area contributed by atoms with Crippen molar-refractivity contribution in [3.63, 3.8) is 0 Å². The Bertz CT molecular complexity index is 356. The molecule has 0 radical (unpaired) electrons. The van der Waals surface area contributed by atoms with Gasteiger partial charge in [-0.1, -0.05) is 148 Å². The van der Waals surface area contributed by atoms with Crippen LogP contribution in [0.4, 0.5) is 0 Å². The van der Waals surface area contributed by atoms with E-state index in [2.05, 4.69) is 6.92 Å². The molecule has 3 nitrogen and oxygen atoms in total. The number of aliphatic carboxylic acids is 1. The van der Waals surface area contributed by atoms with Crippen LogP contribution in [0.3, 0.4) is 0 Å². The van der Waals surface area contributed by atoms with E-state index < -0.39 is 12.1 Å². The van der Waals surface area contributed by atoms with E-state index in [1.807, 2.05) is 0 Å². The highest BCUT2D eigenvalue weighted by molar-refractivity contribution is 5.66. The predicted octanol–water partition coefficient (Wildman–Crippen LogP) is 9.20. The van der Waals surface area contributed by atoms with E-state index in [0.29, 0.717) is 6.42 Å². The van der Waals surface area contributed by atoms with Gasteiger partial charge < -0.3 is 10.2 Å². The Hall–Kier alpha value is -0.570. The van der Waals surface area contributed by atoms with Gasteiger partial charge in [-0.3, -0.25) is 4.79 Å². The van der Waals surface area contributed by atoms with Crippen molar-refractivity contribution in [2.24, 2.45) is 0 Å². The van der Waals surface area contributed by atoms with Crippen molar-refractivity contribution in [3.8, 4) is 0 Å². The minimum atomic E-state index is -0.812. The summed E-state index contributed by atoms with van der Waals surface area (Å²) in [6.45, 7) is 2.29. The lowest BCUT2D eigenvalue weighted by molar-refractivity contribution is -0.137. The lowest BCUT2D eigenvalue weighted by atomic mass is 10.0. The minimum absolute atomic E-state index is 0.0838. The summed E-state index contributed by atoms with van der Waals surface area (Å²) in [6, 6.07) is 0. The van der Waals surface area contributed by atoms with Crippen molar-refractivity contribution in [1.82, 2.24) is 0 Å². The van der Waals surface area contributed by atoms with Crippen LogP contribution in [0.25, 0.3) is 0 Å². The first-order chi connectivity index (χ1) is 15.2. The van der Waals surface area contributed by atoms with Crippen LogP contribution in [-0.4, -0.2) is 22.3 Å². The Morgan fingerprint density at radius 1 is 0.516 bits per heavy atom. The fraction of sp³-hybridized carbons (Fsp3) is 0.964. The Morgan fingerprint density at radius 3 is 1.10 bits per heavy atom. The molecule has 0 bridgehead atoms. The Kier molecular flexibility index (Phi) is 25.2. The molecular formula is C28H56O3. The third kappa shape index (κ3) is 27.4. The molecule has 0 aliphatic rings. The predicted molar refractivity (Wildman–Crippen MR) is 135 cm³/mol. The van der Waals surface area contributed by atoms with Gasteiger partial charge in [0, 0.05) is 6.42 Å². The molecule has 0 aliphatic carbocycles. The highest BCUT2D eigenvalue weighted by atomic mass is 16.4. The molecule has 0 spiro atoms. The average molecular weight is 441 g/mol. The summed E-state index contributed by atoms with van der Waals surface area (Å²) in [4.78, 5) is 10.5. The second kappa shape index (κ2) is 25.7. The van der Waals surface area contributed by atoms with E-state index in [1.165, 1.54) is 135 Å². The first kappa shape index (κ1) is 30.4. The highest BCUT2D eigenvalue weighted by Gasteiger charge is 2.06. The van der Waals surface area contributed by atoms with E-state index in [-0.39, 0.29) is 6.42 Å². The number of carbonyl (C=O) groups is 1. The standard InChI is InChI=1S/C28H56O3/c1-2-3-4-5-6-7-8-9-10-11-12-13-14-15-16-17-18-19-20-21-22-23-24-27(29)25-26-28(30)31/h27,29H,2-26H2,1H3,(H,30,31). The van der Waals surface area contributed by atoms with E-state index in [0.717, 1.165) is 12.8 Å². The Morgan fingerprint density at radius 2 is 0.806 bits per heavy atom. The van der Waals surface area contributed by atoms with Crippen LogP contribution in [-0.2, 0) is 4.79 Å². The summed E-state index contributed by atoms with van der Waals surface area (Å²) in [5, 5.41) is 18.3. The van der Waals surface area contributed by atoms with E-state index >= 15 is 0 Å². The first-order valence-corrected chi connectivity index (χ1v) is 14.1. The number of aliphatic hydroxyl groups is 1. The zero-order chi connectivity index (χ0) is 22.8. The van der Waals surface area contributed by atoms with Crippen molar-refractivity contribution in [2.45, 2.75) is 174 Å². The number of aliphatic hydroxyl groups excluding tert-OH is 1. The summed E-state index contributed by atoms with van der Waals surface area (Å²) in [6.07, 6.45) is 31.3. The second-order valence-electron chi connectivity index (χ2n) is 9.80. The fourth-order valence-corrected chi connectivity index (χ4v) is 4.42. The van der Waals surface area contributed by atoms with Crippen LogP contribution < -0.4 is 0 Å². The highest BCUT2D eigenvalue weighted by Crippen LogP contribution is 2.16. The van der Waals surface area contributed by atoms with Crippen molar-refractivity contribution < 1.29 is 15.0 Å². The molecule has 0 aliphatic heterocycles. The molecule has 0 saturated heterocycles. The molecule has 186 valence electrons. The Labute approximate surface area is 194 Å². The van der Waals surface area contributed by atoms with E-state index in [9.17, 15) is 9.90 Å². The van der Waals surface area contributed by atoms with Gasteiger partial charge in [0.1, 0.15) is 0 Å². The number of hydrogen-bond donors (Lipinski definition) is 2. The van der Waals surface area contributed by atoms with Gasteiger partial charge in [-0.25, -0.2) is 0 Å². The summed E-state index contributed by atoms with van der Waals surface area (Å²) in [5.74, 6) is -0.812. The van der Waals surface area contributed by atoms with Gasteiger partial charge in [-0.15, -0.1) is 0 Å². The monoisotopic (exact) mass is 440 g/mol. The number of carboxylic acid groups (broad SMARTS) is 1. The smallest absolute Gasteiger partial charge is 0.303 e. The molecule has 0 aromatic rings. The molecular weight excluding hydrogens is 384 g/mol. The average Bonchev–Trinajstić information content (AvgIpc) is 2.75. The molecule has 0 rings (SSSR count). The number of hydrogen-bond acceptors (Lipinski definition) is 2. The largest absolute Gasteiger partial charge is 0.481 e. The van der Waals surface area contributed by atoms with E-state index in [4.69, 9.17) is 5.11 Å². The maximum atomic E-state index is 10.5. The van der Waals surface area contributed by atoms with Gasteiger partial charge in [0.15, 0.2) is 0 Å². The van der Waals surface area contributed by atoms with E-state index in [1.54, 1.807) is 0 Å². The van der Waals surface area contributed by atoms with Gasteiger partial charge >= 0.3 is 5.97 Å². The molecule has 0 amide bonds. The van der Waals surface area contributed by atoms with Gasteiger partial charge in [0.2, 0.25) is 0 Å². The van der Waals surface area contributed by atoms with Crippen LogP contribution in [0.15, 0.2) is 0 Å². The molecule has 3 heteroatoms. The van der Waals surface area contributed by atoms with Crippen LogP contribution >= 0.6 is 0 Å². The third-order valence-electron chi connectivity index (χ3n) is 6.58. The minimum Gasteiger partial charge on any atom is -0.481 e. The number of carboxylic acids is 1. The van der Waals surface area contributed by atoms with Crippen molar-refractivity contribution in [1.29, 1.82) is 0 Å². The fourth-order valence-electron chi connectivity index (χ4n) is 4.42. The molecule has 0 saturated carbocycles. The van der Waals surface area contributed by atoms with Gasteiger partial charge in [0.25, 0.3) is 0 Å². The number of rotatable bonds is 26. The quantitative estimate of drug-likeness (QED) is 0.132. The lowest BCUT2D eigenvalue weighted by Crippen LogP contribution is -2.09. The van der Waals surface area contributed by atoms with Crippen molar-refractivity contribution >= 4 is 5.97 Å². The van der Waals surface area contributed by atoms with Crippen molar-refractivity contribution in [3.05, 3.63) is 0 Å². The molecule has 2 N–H and O–H groups in total. The zero-order valence-corrected chi connectivity index (χ0v) is 21.1. The first-order valence-electron chi connectivity index (χ1n) is 14.1. The molecule has 0 heterocycles. The Balaban J connectivity index is 3.07. The SMILES string of the molecule is CCCCCCCCCCCCCCCCCCCCCCCCC(O)CCC(=O)O. The van der Waals surface area contributed by atoms with Gasteiger partial charge in [0.05, 0.1) is 6.10 Å². The summed E-state index contributed by atoms with van der Waals surface area (Å²) in [5.41, 5.74) is 0. The lowest BCUT2D eigenvalue weighted by Gasteiger charge is -2.08. The third-order valence-corrected chi connectivity index (χ3v) is 6.58. The van der Waals surface area contributed by atoms with Crippen molar-refractivity contribution in [2.75, 3.05) is 0 Å². The molecule has 1 unspecified atom stereocenters. The second-order valence-corrected chi connectivity index (χ2v) is 9.80. The topological polar surface area (TPSA) is 57.5 Å². The van der Waals surface area contributed by atoms with Crippen LogP contribution in [0.5, 0.6) is 0 Å². The zero-order valence-electron chi connectivity index (χ0n) is 21.1. The molecule has 31 heavy (non-hydrogen) atoms. The van der Waals surface area contributed by atoms with Gasteiger partial charge in [-0.05, 0) is 12.8 Å². The molecule has 0 fully saturated rings. The maximum absolute atomic E-state index is 10.5. The summed E-state index contributed by atoms with van der Waals surface area (Å²) in [7, 11) is 0. The number of unbranched alkanes of at least 4 members (excludes halogenated alkanes) is 21. The summed E-state index contributed by atoms with van der Waals surface area (Å²) < 4.78 is 0. The molecule has 0 aromatic carbocycles. The van der Waals surface area contributed by atoms with Gasteiger partial charge in [-0.2, -0.15) is 0 Å². The normalized spacial score (nSPS) is 12.3. The molecule has 0 aromatic heterocycles. The van der Waals surface area contributed by atoms with Crippen LogP contribution in [0, 0.1) is 0 Å². The van der Waals surface area contributed by atoms with Crippen LogP contribution in [0.2, 0.25) is 0 Å². The molecule has 1 atom stereocenters. The maximum Gasteiger partial charge on any atom is 0.303 e. The van der Waals surface area contributed by atoms with Crippen LogP contribution in [0.1, 0.15) is 167 Å².